The minimum atomic E-state index is -0.422. The Morgan fingerprint density at radius 2 is 2.00 bits per heavy atom. The summed E-state index contributed by atoms with van der Waals surface area (Å²) in [4.78, 5) is 0. The van der Waals surface area contributed by atoms with Crippen molar-refractivity contribution in [3.63, 3.8) is 0 Å². The molecule has 2 rings (SSSR count). The van der Waals surface area contributed by atoms with Crippen molar-refractivity contribution in [2.24, 2.45) is 7.05 Å². The van der Waals surface area contributed by atoms with Crippen LogP contribution >= 0.6 is 24.2 Å². The zero-order chi connectivity index (χ0) is 14.4. The molecule has 0 aliphatic heterocycles. The molecule has 0 bridgehead atoms. The van der Waals surface area contributed by atoms with Crippen molar-refractivity contribution >= 4 is 24.2 Å². The molecule has 0 spiro atoms. The molecule has 0 saturated heterocycles. The predicted octanol–water partition coefficient (Wildman–Crippen LogP) is 2.17. The molecular formula is C14H21ClN4OS. The Morgan fingerprint density at radius 1 is 1.29 bits per heavy atom. The van der Waals surface area contributed by atoms with Gasteiger partial charge in [-0.15, -0.1) is 22.6 Å². The Balaban J connectivity index is 0.00000220. The molecule has 0 aliphatic rings. The van der Waals surface area contributed by atoms with Crippen LogP contribution < -0.4 is 5.32 Å². The first-order valence-electron chi connectivity index (χ1n) is 6.61. The molecule has 7 heteroatoms. The van der Waals surface area contributed by atoms with E-state index in [2.05, 4.69) is 15.5 Å². The number of nitrogens with zero attached hydrogens (tertiary/aromatic N) is 3. The molecule has 0 radical (unpaired) electrons. The number of benzene rings is 1. The van der Waals surface area contributed by atoms with Gasteiger partial charge in [0.05, 0.1) is 12.6 Å². The fourth-order valence-electron chi connectivity index (χ4n) is 1.89. The number of halogens is 1. The van der Waals surface area contributed by atoms with Gasteiger partial charge in [-0.3, -0.25) is 0 Å². The molecule has 2 aromatic rings. The molecule has 5 nitrogen and oxygen atoms in total. The second-order valence-electron chi connectivity index (χ2n) is 4.55. The van der Waals surface area contributed by atoms with Gasteiger partial charge in [-0.1, -0.05) is 42.1 Å². The lowest BCUT2D eigenvalue weighted by atomic mass is 10.1. The Kier molecular flexibility index (Phi) is 7.74. The highest BCUT2D eigenvalue weighted by Gasteiger charge is 2.11. The van der Waals surface area contributed by atoms with Gasteiger partial charge in [0.15, 0.2) is 5.16 Å². The van der Waals surface area contributed by atoms with E-state index < -0.39 is 6.10 Å². The first-order valence-corrected chi connectivity index (χ1v) is 7.59. The van der Waals surface area contributed by atoms with E-state index in [9.17, 15) is 5.11 Å². The molecule has 1 atom stereocenters. The maximum atomic E-state index is 10.1. The van der Waals surface area contributed by atoms with Crippen LogP contribution in [-0.2, 0) is 13.6 Å². The molecule has 1 aromatic heterocycles. The summed E-state index contributed by atoms with van der Waals surface area (Å²) in [5.41, 5.74) is 0.960. The van der Waals surface area contributed by atoms with Crippen LogP contribution in [0.1, 0.15) is 23.9 Å². The van der Waals surface area contributed by atoms with Crippen molar-refractivity contribution in [3.05, 3.63) is 41.7 Å². The quantitative estimate of drug-likeness (QED) is 0.763. The topological polar surface area (TPSA) is 63.0 Å². The van der Waals surface area contributed by atoms with Gasteiger partial charge >= 0.3 is 0 Å². The number of aliphatic hydroxyl groups excluding tert-OH is 1. The zero-order valence-electron chi connectivity index (χ0n) is 12.2. The molecule has 2 N–H and O–H groups in total. The van der Waals surface area contributed by atoms with Crippen molar-refractivity contribution in [2.45, 2.75) is 24.2 Å². The lowest BCUT2D eigenvalue weighted by molar-refractivity contribution is 0.175. The SMILES string of the molecule is CNCc1nnc(SCC[C@@H](O)c2ccccc2)n1C.Cl. The van der Waals surface area contributed by atoms with Gasteiger partial charge in [0.1, 0.15) is 5.82 Å². The number of hydrogen-bond donors (Lipinski definition) is 2. The summed E-state index contributed by atoms with van der Waals surface area (Å²) in [6, 6.07) is 9.73. The van der Waals surface area contributed by atoms with E-state index in [-0.39, 0.29) is 12.4 Å². The summed E-state index contributed by atoms with van der Waals surface area (Å²) in [7, 11) is 3.85. The Labute approximate surface area is 135 Å². The highest BCUT2D eigenvalue weighted by atomic mass is 35.5. The molecule has 1 aromatic carbocycles. The molecular weight excluding hydrogens is 308 g/mol. The average molecular weight is 329 g/mol. The molecule has 0 saturated carbocycles. The number of hydrogen-bond acceptors (Lipinski definition) is 5. The minimum Gasteiger partial charge on any atom is -0.388 e. The summed E-state index contributed by atoms with van der Waals surface area (Å²) >= 11 is 1.62. The van der Waals surface area contributed by atoms with Gasteiger partial charge in [0, 0.05) is 12.8 Å². The third-order valence-electron chi connectivity index (χ3n) is 3.07. The normalized spacial score (nSPS) is 12.0. The fourth-order valence-corrected chi connectivity index (χ4v) is 2.81. The third-order valence-corrected chi connectivity index (χ3v) is 4.12. The highest BCUT2D eigenvalue weighted by Crippen LogP contribution is 2.22. The largest absolute Gasteiger partial charge is 0.388 e. The lowest BCUT2D eigenvalue weighted by Gasteiger charge is -2.10. The maximum absolute atomic E-state index is 10.1. The van der Waals surface area contributed by atoms with Gasteiger partial charge in [-0.2, -0.15) is 0 Å². The van der Waals surface area contributed by atoms with Crippen molar-refractivity contribution in [1.29, 1.82) is 0 Å². The van der Waals surface area contributed by atoms with Crippen LogP contribution in [0.25, 0.3) is 0 Å². The monoisotopic (exact) mass is 328 g/mol. The second kappa shape index (κ2) is 9.04. The third kappa shape index (κ3) is 5.00. The van der Waals surface area contributed by atoms with Gasteiger partial charge in [0.25, 0.3) is 0 Å². The molecule has 0 amide bonds. The van der Waals surface area contributed by atoms with Crippen LogP contribution in [0.15, 0.2) is 35.5 Å². The van der Waals surface area contributed by atoms with Crippen LogP contribution in [0.2, 0.25) is 0 Å². The number of thioether (sulfide) groups is 1. The first-order chi connectivity index (χ1) is 9.72. The summed E-state index contributed by atoms with van der Waals surface area (Å²) in [6.45, 7) is 0.705. The Morgan fingerprint density at radius 3 is 2.67 bits per heavy atom. The van der Waals surface area contributed by atoms with Crippen molar-refractivity contribution < 1.29 is 5.11 Å². The van der Waals surface area contributed by atoms with Crippen molar-refractivity contribution in [2.75, 3.05) is 12.8 Å². The van der Waals surface area contributed by atoms with E-state index in [0.29, 0.717) is 13.0 Å². The lowest BCUT2D eigenvalue weighted by Crippen LogP contribution is -2.10. The molecule has 0 fully saturated rings. The number of rotatable bonds is 7. The number of aliphatic hydroxyl groups is 1. The molecule has 1 heterocycles. The van der Waals surface area contributed by atoms with Crippen molar-refractivity contribution in [3.8, 4) is 0 Å². The van der Waals surface area contributed by atoms with Crippen LogP contribution in [-0.4, -0.2) is 32.7 Å². The van der Waals surface area contributed by atoms with Gasteiger partial charge < -0.3 is 15.0 Å². The van der Waals surface area contributed by atoms with E-state index in [0.717, 1.165) is 22.3 Å². The zero-order valence-corrected chi connectivity index (χ0v) is 13.8. The first kappa shape index (κ1) is 18.0. The fraction of sp³-hybridized carbons (Fsp3) is 0.429. The van der Waals surface area contributed by atoms with E-state index >= 15 is 0 Å². The molecule has 21 heavy (non-hydrogen) atoms. The number of aromatic nitrogens is 3. The predicted molar refractivity (Wildman–Crippen MR) is 87.8 cm³/mol. The molecule has 0 aliphatic carbocycles. The second-order valence-corrected chi connectivity index (χ2v) is 5.61. The standard InChI is InChI=1S/C14H20N4OS.ClH/c1-15-10-13-16-17-14(18(13)2)20-9-8-12(19)11-6-4-3-5-7-11;/h3-7,12,15,19H,8-10H2,1-2H3;1H/t12-;/m1./s1. The Bertz CT molecular complexity index is 535. The maximum Gasteiger partial charge on any atom is 0.190 e. The number of nitrogens with one attached hydrogen (secondary N) is 1. The minimum absolute atomic E-state index is 0. The summed E-state index contributed by atoms with van der Waals surface area (Å²) in [5, 5.41) is 22.3. The summed E-state index contributed by atoms with van der Waals surface area (Å²) in [5.74, 6) is 1.72. The van der Waals surface area contributed by atoms with E-state index in [1.54, 1.807) is 11.8 Å². The van der Waals surface area contributed by atoms with Gasteiger partial charge in [-0.25, -0.2) is 0 Å². The Hall–Kier alpha value is -1.08. The molecule has 0 unspecified atom stereocenters. The van der Waals surface area contributed by atoms with Crippen LogP contribution in [0, 0.1) is 0 Å². The van der Waals surface area contributed by atoms with Gasteiger partial charge in [0.2, 0.25) is 0 Å². The average Bonchev–Trinajstić information content (AvgIpc) is 2.82. The summed E-state index contributed by atoms with van der Waals surface area (Å²) in [6.07, 6.45) is 0.275. The van der Waals surface area contributed by atoms with Crippen LogP contribution in [0.4, 0.5) is 0 Å². The summed E-state index contributed by atoms with van der Waals surface area (Å²) < 4.78 is 1.98. The van der Waals surface area contributed by atoms with Crippen LogP contribution in [0.5, 0.6) is 0 Å². The van der Waals surface area contributed by atoms with Crippen LogP contribution in [0.3, 0.4) is 0 Å². The van der Waals surface area contributed by atoms with E-state index in [1.807, 2.05) is 49.0 Å². The van der Waals surface area contributed by atoms with Gasteiger partial charge in [-0.05, 0) is 19.0 Å². The van der Waals surface area contributed by atoms with Crippen molar-refractivity contribution in [1.82, 2.24) is 20.1 Å². The molecule has 116 valence electrons. The smallest absolute Gasteiger partial charge is 0.190 e. The van der Waals surface area contributed by atoms with E-state index in [4.69, 9.17) is 0 Å². The van der Waals surface area contributed by atoms with E-state index in [1.165, 1.54) is 0 Å². The highest BCUT2D eigenvalue weighted by molar-refractivity contribution is 7.99.